The molecule has 5 nitrogen and oxygen atoms in total. The molecule has 2 rings (SSSR count). The minimum Gasteiger partial charge on any atom is -0.292 e. The lowest BCUT2D eigenvalue weighted by Gasteiger charge is -2.36. The molecular weight excluding hydrogens is 295 g/mol. The van der Waals surface area contributed by atoms with Crippen molar-refractivity contribution in [3.8, 4) is 0 Å². The molecule has 0 saturated carbocycles. The van der Waals surface area contributed by atoms with Gasteiger partial charge in [-0.1, -0.05) is 0 Å². The van der Waals surface area contributed by atoms with E-state index in [-0.39, 0.29) is 17.6 Å². The number of rotatable bonds is 4. The number of ketones is 1. The van der Waals surface area contributed by atoms with Crippen LogP contribution in [0, 0.1) is 5.82 Å². The molecule has 1 aliphatic heterocycles. The third-order valence-corrected chi connectivity index (χ3v) is 5.10. The average molecular weight is 314 g/mol. The SMILES string of the molecule is CC(C(=O)c1ccc(F)cc1)N1CCN(S(C)(=O)=O)CC1. The van der Waals surface area contributed by atoms with E-state index in [4.69, 9.17) is 0 Å². The van der Waals surface area contributed by atoms with Crippen LogP contribution in [0.15, 0.2) is 24.3 Å². The summed E-state index contributed by atoms with van der Waals surface area (Å²) in [6.07, 6.45) is 1.19. The molecule has 0 aliphatic carbocycles. The number of hydrogen-bond donors (Lipinski definition) is 0. The van der Waals surface area contributed by atoms with E-state index < -0.39 is 10.0 Å². The van der Waals surface area contributed by atoms with Gasteiger partial charge in [-0.25, -0.2) is 12.8 Å². The first kappa shape index (κ1) is 16.1. The van der Waals surface area contributed by atoms with Crippen molar-refractivity contribution in [3.05, 3.63) is 35.6 Å². The Bertz CT molecular complexity index is 608. The molecule has 0 N–H and O–H groups in total. The highest BCUT2D eigenvalue weighted by Crippen LogP contribution is 2.14. The van der Waals surface area contributed by atoms with E-state index in [9.17, 15) is 17.6 Å². The van der Waals surface area contributed by atoms with Crippen molar-refractivity contribution in [1.29, 1.82) is 0 Å². The summed E-state index contributed by atoms with van der Waals surface area (Å²) in [5, 5.41) is 0. The largest absolute Gasteiger partial charge is 0.292 e. The van der Waals surface area contributed by atoms with Crippen LogP contribution in [0.5, 0.6) is 0 Å². The van der Waals surface area contributed by atoms with Crippen molar-refractivity contribution < 1.29 is 17.6 Å². The smallest absolute Gasteiger partial charge is 0.211 e. The third-order valence-electron chi connectivity index (χ3n) is 3.80. The molecule has 0 radical (unpaired) electrons. The number of hydrogen-bond acceptors (Lipinski definition) is 4. The molecule has 0 bridgehead atoms. The fraction of sp³-hybridized carbons (Fsp3) is 0.500. The van der Waals surface area contributed by atoms with Crippen LogP contribution in [-0.4, -0.2) is 61.9 Å². The van der Waals surface area contributed by atoms with Crippen molar-refractivity contribution in [1.82, 2.24) is 9.21 Å². The van der Waals surface area contributed by atoms with Gasteiger partial charge in [0.25, 0.3) is 0 Å². The molecule has 0 amide bonds. The third kappa shape index (κ3) is 3.87. The van der Waals surface area contributed by atoms with Crippen molar-refractivity contribution in [2.45, 2.75) is 13.0 Å². The number of piperazine rings is 1. The zero-order valence-corrected chi connectivity index (χ0v) is 12.9. The van der Waals surface area contributed by atoms with E-state index in [1.807, 2.05) is 4.90 Å². The molecule has 116 valence electrons. The van der Waals surface area contributed by atoms with E-state index in [0.717, 1.165) is 0 Å². The molecule has 1 aromatic rings. The average Bonchev–Trinajstić information content (AvgIpc) is 2.46. The van der Waals surface area contributed by atoms with E-state index in [2.05, 4.69) is 0 Å². The minimum absolute atomic E-state index is 0.0807. The Hall–Kier alpha value is -1.31. The lowest BCUT2D eigenvalue weighted by Crippen LogP contribution is -2.52. The second kappa shape index (κ2) is 6.21. The lowest BCUT2D eigenvalue weighted by atomic mass is 10.0. The molecule has 1 aliphatic rings. The maximum atomic E-state index is 12.9. The van der Waals surface area contributed by atoms with Gasteiger partial charge in [-0.2, -0.15) is 4.31 Å². The standard InChI is InChI=1S/C14H19FN2O3S/c1-11(14(18)12-3-5-13(15)6-4-12)16-7-9-17(10-8-16)21(2,19)20/h3-6,11H,7-10H2,1-2H3. The van der Waals surface area contributed by atoms with Crippen LogP contribution in [0.1, 0.15) is 17.3 Å². The predicted octanol–water partition coefficient (Wildman–Crippen LogP) is 0.974. The van der Waals surface area contributed by atoms with Crippen LogP contribution in [-0.2, 0) is 10.0 Å². The predicted molar refractivity (Wildman–Crippen MR) is 78.2 cm³/mol. The molecule has 0 aromatic heterocycles. The monoisotopic (exact) mass is 314 g/mol. The summed E-state index contributed by atoms with van der Waals surface area (Å²) in [6, 6.07) is 5.13. The topological polar surface area (TPSA) is 57.7 Å². The highest BCUT2D eigenvalue weighted by molar-refractivity contribution is 7.88. The van der Waals surface area contributed by atoms with Gasteiger partial charge in [0.2, 0.25) is 10.0 Å². The number of halogens is 1. The van der Waals surface area contributed by atoms with Gasteiger partial charge in [0, 0.05) is 31.7 Å². The zero-order valence-electron chi connectivity index (χ0n) is 12.1. The van der Waals surface area contributed by atoms with Crippen molar-refractivity contribution in [3.63, 3.8) is 0 Å². The lowest BCUT2D eigenvalue weighted by molar-refractivity contribution is 0.0782. The van der Waals surface area contributed by atoms with Crippen LogP contribution in [0.2, 0.25) is 0 Å². The first-order chi connectivity index (χ1) is 9.79. The van der Waals surface area contributed by atoms with Crippen molar-refractivity contribution in [2.24, 2.45) is 0 Å². The Labute approximate surface area is 124 Å². The molecule has 1 unspecified atom stereocenters. The van der Waals surface area contributed by atoms with Gasteiger partial charge < -0.3 is 0 Å². The Balaban J connectivity index is 2.00. The summed E-state index contributed by atoms with van der Waals surface area (Å²) in [6.45, 7) is 3.60. The minimum atomic E-state index is -3.17. The molecule has 1 saturated heterocycles. The van der Waals surface area contributed by atoms with E-state index >= 15 is 0 Å². The Kier molecular flexibility index (Phi) is 4.75. The van der Waals surface area contributed by atoms with Crippen LogP contribution in [0.3, 0.4) is 0 Å². The number of carbonyl (C=O) groups is 1. The summed E-state index contributed by atoms with van der Waals surface area (Å²) >= 11 is 0. The van der Waals surface area contributed by atoms with Gasteiger partial charge in [0.15, 0.2) is 5.78 Å². The summed E-state index contributed by atoms with van der Waals surface area (Å²) in [5.41, 5.74) is 0.467. The summed E-state index contributed by atoms with van der Waals surface area (Å²) in [5.74, 6) is -0.455. The second-order valence-electron chi connectivity index (χ2n) is 5.25. The molecular formula is C14H19FN2O3S. The first-order valence-corrected chi connectivity index (χ1v) is 8.63. The summed E-state index contributed by atoms with van der Waals surface area (Å²) in [4.78, 5) is 14.3. The maximum absolute atomic E-state index is 12.9. The van der Waals surface area contributed by atoms with Crippen LogP contribution in [0.25, 0.3) is 0 Å². The van der Waals surface area contributed by atoms with Crippen molar-refractivity contribution >= 4 is 15.8 Å². The number of benzene rings is 1. The molecule has 1 fully saturated rings. The highest BCUT2D eigenvalue weighted by Gasteiger charge is 2.29. The molecule has 1 aromatic carbocycles. The second-order valence-corrected chi connectivity index (χ2v) is 7.23. The van der Waals surface area contributed by atoms with Gasteiger partial charge in [0.1, 0.15) is 5.82 Å². The van der Waals surface area contributed by atoms with Crippen LogP contribution < -0.4 is 0 Å². The zero-order chi connectivity index (χ0) is 15.6. The fourth-order valence-electron chi connectivity index (χ4n) is 2.44. The van der Waals surface area contributed by atoms with Crippen LogP contribution in [0.4, 0.5) is 4.39 Å². The van der Waals surface area contributed by atoms with Gasteiger partial charge >= 0.3 is 0 Å². The Morgan fingerprint density at radius 2 is 1.67 bits per heavy atom. The number of Topliss-reactive ketones (excluding diaryl/α,β-unsaturated/α-hetero) is 1. The van der Waals surface area contributed by atoms with E-state index in [1.165, 1.54) is 34.8 Å². The molecule has 1 heterocycles. The normalized spacial score (nSPS) is 19.4. The summed E-state index contributed by atoms with van der Waals surface area (Å²) < 4.78 is 37.2. The number of nitrogens with zero attached hydrogens (tertiary/aromatic N) is 2. The molecule has 7 heteroatoms. The first-order valence-electron chi connectivity index (χ1n) is 6.78. The summed E-state index contributed by atoms with van der Waals surface area (Å²) in [7, 11) is -3.17. The van der Waals surface area contributed by atoms with Gasteiger partial charge in [-0.05, 0) is 31.2 Å². The molecule has 21 heavy (non-hydrogen) atoms. The quantitative estimate of drug-likeness (QED) is 0.777. The molecule has 1 atom stereocenters. The number of carbonyl (C=O) groups excluding carboxylic acids is 1. The fourth-order valence-corrected chi connectivity index (χ4v) is 3.27. The highest BCUT2D eigenvalue weighted by atomic mass is 32.2. The van der Waals surface area contributed by atoms with Gasteiger partial charge in [-0.15, -0.1) is 0 Å². The van der Waals surface area contributed by atoms with E-state index in [1.54, 1.807) is 6.92 Å². The Morgan fingerprint density at radius 1 is 1.14 bits per heavy atom. The van der Waals surface area contributed by atoms with Crippen LogP contribution >= 0.6 is 0 Å². The molecule has 0 spiro atoms. The van der Waals surface area contributed by atoms with E-state index in [0.29, 0.717) is 31.7 Å². The maximum Gasteiger partial charge on any atom is 0.211 e. The number of sulfonamides is 1. The van der Waals surface area contributed by atoms with Gasteiger partial charge in [-0.3, -0.25) is 9.69 Å². The van der Waals surface area contributed by atoms with Crippen molar-refractivity contribution in [2.75, 3.05) is 32.4 Å². The van der Waals surface area contributed by atoms with Gasteiger partial charge in [0.05, 0.1) is 12.3 Å². The Morgan fingerprint density at radius 3 is 2.14 bits per heavy atom.